The Morgan fingerprint density at radius 3 is 2.42 bits per heavy atom. The fraction of sp³-hybridized carbons (Fsp3) is 0.429. The van der Waals surface area contributed by atoms with E-state index in [0.717, 1.165) is 12.2 Å². The molecule has 0 aliphatic rings. The highest BCUT2D eigenvalue weighted by Crippen LogP contribution is 1.84. The Kier molecular flexibility index (Phi) is 6.18. The Labute approximate surface area is 75.9 Å². The smallest absolute Gasteiger partial charge is 0.331 e. The first-order chi connectivity index (χ1) is 5.70. The number of rotatable bonds is 4. The number of carbonyl (C=O) groups is 2. The van der Waals surface area contributed by atoms with Gasteiger partial charge < -0.3 is 9.47 Å². The van der Waals surface area contributed by atoms with Gasteiger partial charge in [0.15, 0.2) is 0 Å². The molecular weight excluding hydrogens is 180 g/mol. The van der Waals surface area contributed by atoms with Crippen LogP contribution in [0.3, 0.4) is 0 Å². The van der Waals surface area contributed by atoms with Crippen molar-refractivity contribution in [3.63, 3.8) is 0 Å². The minimum Gasteiger partial charge on any atom is -0.466 e. The van der Waals surface area contributed by atoms with Gasteiger partial charge in [-0.2, -0.15) is 12.6 Å². The first-order valence-corrected chi connectivity index (χ1v) is 3.87. The van der Waals surface area contributed by atoms with E-state index in [-0.39, 0.29) is 6.61 Å². The van der Waals surface area contributed by atoms with Crippen LogP contribution >= 0.6 is 12.6 Å². The summed E-state index contributed by atoms with van der Waals surface area (Å²) in [5.41, 5.74) is 0. The van der Waals surface area contributed by atoms with Crippen LogP contribution in [-0.4, -0.2) is 31.4 Å². The first kappa shape index (κ1) is 11.0. The van der Waals surface area contributed by atoms with Crippen LogP contribution in [0.4, 0.5) is 0 Å². The van der Waals surface area contributed by atoms with Crippen molar-refractivity contribution in [3.8, 4) is 0 Å². The second-order valence-electron chi connectivity index (χ2n) is 1.75. The molecule has 4 nitrogen and oxygen atoms in total. The third-order valence-corrected chi connectivity index (χ3v) is 1.07. The van der Waals surface area contributed by atoms with Crippen LogP contribution in [0.1, 0.15) is 0 Å². The van der Waals surface area contributed by atoms with E-state index in [4.69, 9.17) is 0 Å². The molecule has 12 heavy (non-hydrogen) atoms. The molecular formula is C7H10O4S. The fourth-order valence-corrected chi connectivity index (χ4v) is 0.490. The molecule has 68 valence electrons. The van der Waals surface area contributed by atoms with E-state index >= 15 is 0 Å². The molecule has 0 rings (SSSR count). The molecule has 0 radical (unpaired) electrons. The molecule has 0 saturated heterocycles. The molecule has 0 unspecified atom stereocenters. The molecule has 0 aromatic rings. The quantitative estimate of drug-likeness (QED) is 0.390. The maximum Gasteiger partial charge on any atom is 0.331 e. The minimum absolute atomic E-state index is 0.230. The van der Waals surface area contributed by atoms with Gasteiger partial charge in [-0.3, -0.25) is 0 Å². The largest absolute Gasteiger partial charge is 0.466 e. The van der Waals surface area contributed by atoms with Gasteiger partial charge in [-0.15, -0.1) is 0 Å². The van der Waals surface area contributed by atoms with E-state index in [1.807, 2.05) is 0 Å². The van der Waals surface area contributed by atoms with Gasteiger partial charge in [-0.05, 0) is 0 Å². The van der Waals surface area contributed by atoms with Gasteiger partial charge in [-0.25, -0.2) is 9.59 Å². The lowest BCUT2D eigenvalue weighted by atomic mass is 10.5. The maximum atomic E-state index is 10.7. The molecule has 0 atom stereocenters. The first-order valence-electron chi connectivity index (χ1n) is 3.24. The van der Waals surface area contributed by atoms with Crippen molar-refractivity contribution in [2.75, 3.05) is 19.5 Å². The minimum atomic E-state index is -0.585. The lowest BCUT2D eigenvalue weighted by molar-refractivity contribution is -0.138. The summed E-state index contributed by atoms with van der Waals surface area (Å²) in [6, 6.07) is 0. The molecule has 0 spiro atoms. The van der Waals surface area contributed by atoms with Crippen molar-refractivity contribution in [1.29, 1.82) is 0 Å². The molecule has 5 heteroatoms. The molecule has 0 bridgehead atoms. The van der Waals surface area contributed by atoms with Crippen molar-refractivity contribution in [3.05, 3.63) is 12.2 Å². The molecule has 0 aromatic heterocycles. The SMILES string of the molecule is COC(=O)C=CC(=O)OCCS. The normalized spacial score (nSPS) is 9.83. The molecule has 0 heterocycles. The van der Waals surface area contributed by atoms with Gasteiger partial charge in [0.1, 0.15) is 6.61 Å². The van der Waals surface area contributed by atoms with Gasteiger partial charge >= 0.3 is 11.9 Å². The number of carbonyl (C=O) groups excluding carboxylic acids is 2. The maximum absolute atomic E-state index is 10.7. The zero-order valence-corrected chi connectivity index (χ0v) is 7.54. The zero-order valence-electron chi connectivity index (χ0n) is 6.65. The average Bonchev–Trinajstić information content (AvgIpc) is 2.10. The highest BCUT2D eigenvalue weighted by Gasteiger charge is 1.97. The second kappa shape index (κ2) is 6.72. The van der Waals surface area contributed by atoms with E-state index in [1.54, 1.807) is 0 Å². The summed E-state index contributed by atoms with van der Waals surface area (Å²) in [6.07, 6.45) is 2.01. The van der Waals surface area contributed by atoms with Gasteiger partial charge in [-0.1, -0.05) is 0 Å². The van der Waals surface area contributed by atoms with E-state index < -0.39 is 11.9 Å². The second-order valence-corrected chi connectivity index (χ2v) is 2.19. The van der Waals surface area contributed by atoms with Crippen LogP contribution in [0.2, 0.25) is 0 Å². The predicted molar refractivity (Wildman–Crippen MR) is 46.0 cm³/mol. The average molecular weight is 190 g/mol. The standard InChI is InChI=1S/C7H10O4S/c1-10-6(8)2-3-7(9)11-4-5-12/h2-3,12H,4-5H2,1H3. The highest BCUT2D eigenvalue weighted by molar-refractivity contribution is 7.80. The summed E-state index contributed by atoms with van der Waals surface area (Å²) in [5.74, 6) is -0.704. The summed E-state index contributed by atoms with van der Waals surface area (Å²) in [5, 5.41) is 0. The van der Waals surface area contributed by atoms with E-state index in [9.17, 15) is 9.59 Å². The van der Waals surface area contributed by atoms with Crippen LogP contribution in [0.25, 0.3) is 0 Å². The van der Waals surface area contributed by atoms with Gasteiger partial charge in [0.05, 0.1) is 7.11 Å². The van der Waals surface area contributed by atoms with Crippen molar-refractivity contribution < 1.29 is 19.1 Å². The Bertz CT molecular complexity index is 188. The van der Waals surface area contributed by atoms with Crippen LogP contribution in [0, 0.1) is 0 Å². The lowest BCUT2D eigenvalue weighted by Gasteiger charge is -1.96. The topological polar surface area (TPSA) is 52.6 Å². The summed E-state index contributed by atoms with van der Waals surface area (Å²) < 4.78 is 8.83. The van der Waals surface area contributed by atoms with Crippen LogP contribution < -0.4 is 0 Å². The number of esters is 2. The molecule has 0 saturated carbocycles. The fourth-order valence-electron chi connectivity index (χ4n) is 0.398. The Morgan fingerprint density at radius 1 is 1.33 bits per heavy atom. The molecule has 0 aliphatic heterocycles. The summed E-state index contributed by atoms with van der Waals surface area (Å²) in [6.45, 7) is 0.230. The molecule has 0 aliphatic carbocycles. The van der Waals surface area contributed by atoms with Crippen molar-refractivity contribution >= 4 is 24.6 Å². The van der Waals surface area contributed by atoms with Crippen LogP contribution in [0.15, 0.2) is 12.2 Å². The van der Waals surface area contributed by atoms with E-state index in [0.29, 0.717) is 5.75 Å². The summed E-state index contributed by atoms with van der Waals surface area (Å²) in [4.78, 5) is 21.1. The lowest BCUT2D eigenvalue weighted by Crippen LogP contribution is -2.04. The number of ether oxygens (including phenoxy) is 2. The van der Waals surface area contributed by atoms with Crippen molar-refractivity contribution in [2.45, 2.75) is 0 Å². The summed E-state index contributed by atoms with van der Waals surface area (Å²) >= 11 is 3.83. The number of thiol groups is 1. The third-order valence-electron chi connectivity index (χ3n) is 0.892. The van der Waals surface area contributed by atoms with Gasteiger partial charge in [0.25, 0.3) is 0 Å². The van der Waals surface area contributed by atoms with Crippen LogP contribution in [0.5, 0.6) is 0 Å². The van der Waals surface area contributed by atoms with Crippen LogP contribution in [-0.2, 0) is 19.1 Å². The Hall–Kier alpha value is -0.970. The summed E-state index contributed by atoms with van der Waals surface area (Å²) in [7, 11) is 1.23. The van der Waals surface area contributed by atoms with E-state index in [2.05, 4.69) is 22.1 Å². The number of methoxy groups -OCH3 is 1. The zero-order chi connectivity index (χ0) is 9.40. The van der Waals surface area contributed by atoms with Crippen molar-refractivity contribution in [2.24, 2.45) is 0 Å². The van der Waals surface area contributed by atoms with Gasteiger partial charge in [0, 0.05) is 17.9 Å². The molecule has 0 amide bonds. The highest BCUT2D eigenvalue weighted by atomic mass is 32.1. The number of hydrogen-bond acceptors (Lipinski definition) is 5. The monoisotopic (exact) mass is 190 g/mol. The van der Waals surface area contributed by atoms with Crippen molar-refractivity contribution in [1.82, 2.24) is 0 Å². The molecule has 0 aromatic carbocycles. The number of hydrogen-bond donors (Lipinski definition) is 1. The van der Waals surface area contributed by atoms with E-state index in [1.165, 1.54) is 7.11 Å². The van der Waals surface area contributed by atoms with Gasteiger partial charge in [0.2, 0.25) is 0 Å². The Balaban J connectivity index is 3.67. The molecule has 0 N–H and O–H groups in total. The Morgan fingerprint density at radius 2 is 1.92 bits per heavy atom. The predicted octanol–water partition coefficient (Wildman–Crippen LogP) is 0.189. The third kappa shape index (κ3) is 5.79. The molecule has 0 fully saturated rings.